The summed E-state index contributed by atoms with van der Waals surface area (Å²) in [5, 5.41) is 0. The standard InChI is InChI=1S/2Fe.Mo.2N.4H2O.4O/h;;;;;4*1H2;;;;/q2*+2;;2*+1;;;;;;;2*-1/p-4. The van der Waals surface area contributed by atoms with Crippen LogP contribution >= 0.6 is 0 Å². The summed E-state index contributed by atoms with van der Waals surface area (Å²) >= 11 is -6.02. The summed E-state index contributed by atoms with van der Waals surface area (Å²) in [6.45, 7) is 0. The second-order valence-electron chi connectivity index (χ2n) is 0.408. The van der Waals surface area contributed by atoms with Crippen molar-refractivity contribution in [3.63, 3.8) is 0 Å². The summed E-state index contributed by atoms with van der Waals surface area (Å²) in [5.41, 5.74) is 0. The van der Waals surface area contributed by atoms with E-state index in [-0.39, 0.29) is 68.3 Å². The van der Waals surface area contributed by atoms with E-state index in [0.717, 1.165) is 0 Å². The Hall–Kier alpha value is 1.01. The van der Waals surface area contributed by atoms with Crippen LogP contribution in [0.4, 0.5) is 0 Å². The van der Waals surface area contributed by atoms with Gasteiger partial charge in [0, 0.05) is 0 Å². The van der Waals surface area contributed by atoms with Crippen molar-refractivity contribution in [2.75, 3.05) is 0 Å². The van der Waals surface area contributed by atoms with E-state index in [9.17, 15) is 0 Å². The van der Waals surface area contributed by atoms with Crippen LogP contribution in [0.1, 0.15) is 0 Å². The first-order chi connectivity index (χ1) is 2.00. The van der Waals surface area contributed by atoms with Crippen LogP contribution in [-0.4, -0.2) is 21.9 Å². The Balaban J connectivity index is -0.00000000286. The van der Waals surface area contributed by atoms with E-state index in [0.29, 0.717) is 0 Å². The quantitative estimate of drug-likeness (QED) is 0.377. The van der Waals surface area contributed by atoms with E-state index in [1.54, 1.807) is 0 Å². The van der Waals surface area contributed by atoms with E-state index in [1.807, 2.05) is 0 Å². The third kappa shape index (κ3) is 1550. The van der Waals surface area contributed by atoms with Crippen molar-refractivity contribution in [1.82, 2.24) is 12.3 Å². The van der Waals surface area contributed by atoms with E-state index < -0.39 is 16.7 Å². The molecule has 13 heteroatoms. The van der Waals surface area contributed by atoms with Crippen molar-refractivity contribution in [2.24, 2.45) is 0 Å². The first-order valence-electron chi connectivity index (χ1n) is 0.667. The van der Waals surface area contributed by atoms with Crippen LogP contribution in [0.25, 0.3) is 0 Å². The van der Waals surface area contributed by atoms with E-state index in [1.165, 1.54) is 0 Å². The molecule has 0 saturated carbocycles. The van der Waals surface area contributed by atoms with Gasteiger partial charge in [-0.2, -0.15) is 0 Å². The molecule has 0 aliphatic carbocycles. The summed E-state index contributed by atoms with van der Waals surface area (Å²) in [7, 11) is 0. The molecule has 4 N–H and O–H groups in total. The summed E-state index contributed by atoms with van der Waals surface area (Å²) in [6.07, 6.45) is 0. The maximum absolute atomic E-state index is 8.63. The SMILES string of the molecule is [Fe+2].[Fe+2].[N+].[N+].[OH-].[OH-].[OH-].[OH-].[O]=[Mo](=[O])([O-])[O-]. The van der Waals surface area contributed by atoms with Crippen LogP contribution < -0.4 is 19.8 Å². The van der Waals surface area contributed by atoms with Crippen molar-refractivity contribution in [2.45, 2.75) is 0 Å². The van der Waals surface area contributed by atoms with E-state index >= 15 is 0 Å². The minimum absolute atomic E-state index is 0. The predicted octanol–water partition coefficient (Wildman–Crippen LogP) is -4.29. The van der Waals surface area contributed by atoms with Gasteiger partial charge in [0.15, 0.2) is 0 Å². The van der Waals surface area contributed by atoms with Gasteiger partial charge in [-0.15, -0.1) is 0 Å². The molecule has 0 bridgehead atoms. The molecule has 8 radical (unpaired) electrons. The molecular formula is H4Fe2MoN2O8. The van der Waals surface area contributed by atoms with E-state index in [4.69, 9.17) is 14.3 Å². The molecule has 0 saturated heterocycles. The molecule has 84 valence electrons. The molecule has 0 unspecified atom stereocenters. The Labute approximate surface area is 99.2 Å². The molecule has 0 aliphatic rings. The minimum atomic E-state index is -6.02. The first kappa shape index (κ1) is 94.5. The molecule has 0 fully saturated rings. The van der Waals surface area contributed by atoms with Gasteiger partial charge in [-0.25, -0.2) is 0 Å². The van der Waals surface area contributed by atoms with Gasteiger partial charge in [0.05, 0.1) is 0 Å². The van der Waals surface area contributed by atoms with Gasteiger partial charge in [0.25, 0.3) is 0 Å². The van der Waals surface area contributed by atoms with Gasteiger partial charge >= 0.3 is 77.5 Å². The van der Waals surface area contributed by atoms with Crippen LogP contribution in [0.15, 0.2) is 0 Å². The summed E-state index contributed by atoms with van der Waals surface area (Å²) in [4.78, 5) is 0. The summed E-state index contributed by atoms with van der Waals surface area (Å²) in [5.74, 6) is 0. The third-order valence-corrected chi connectivity index (χ3v) is 0. The zero-order valence-electron chi connectivity index (χ0n) is 5.43. The Morgan fingerprint density at radius 3 is 0.692 bits per heavy atom. The fourth-order valence-corrected chi connectivity index (χ4v) is 0. The molecular weight excluding hydrogens is 364 g/mol. The average Bonchev–Trinajstić information content (AvgIpc) is 0.722. The fraction of sp³-hybridized carbons (Fsp3) is 0. The molecule has 0 rings (SSSR count). The normalized spacial score (nSPS) is 4.46. The van der Waals surface area contributed by atoms with Crippen molar-refractivity contribution in [3.05, 3.63) is 0 Å². The topological polar surface area (TPSA) is 261 Å². The van der Waals surface area contributed by atoms with Gasteiger partial charge in [-0.05, 0) is 0 Å². The van der Waals surface area contributed by atoms with Gasteiger partial charge in [-0.1, -0.05) is 0 Å². The molecule has 0 atom stereocenters. The molecule has 13 heavy (non-hydrogen) atoms. The third-order valence-electron chi connectivity index (χ3n) is 0. The second-order valence-corrected chi connectivity index (χ2v) is 2.42. The zero-order valence-corrected chi connectivity index (χ0v) is 9.65. The predicted molar refractivity (Wildman–Crippen MR) is 13.4 cm³/mol. The molecule has 10 nitrogen and oxygen atoms in total. The van der Waals surface area contributed by atoms with Crippen molar-refractivity contribution in [3.8, 4) is 0 Å². The molecule has 0 spiro atoms. The maximum atomic E-state index is 8.63. The Bertz CT molecular complexity index is 103. The Kier molecular flexibility index (Phi) is 278. The van der Waals surface area contributed by atoms with Crippen LogP contribution in [0.5, 0.6) is 0 Å². The number of nitrogens with zero attached hydrogens (tertiary/aromatic N) is 2. The summed E-state index contributed by atoms with van der Waals surface area (Å²) in [6, 6.07) is 0. The van der Waals surface area contributed by atoms with Gasteiger partial charge in [-0.3, -0.25) is 0 Å². The van der Waals surface area contributed by atoms with Crippen molar-refractivity contribution in [1.29, 1.82) is 0 Å². The summed E-state index contributed by atoms with van der Waals surface area (Å²) < 4.78 is 34.5. The van der Waals surface area contributed by atoms with Crippen molar-refractivity contribution < 1.29 is 87.1 Å². The first-order valence-corrected chi connectivity index (χ1v) is 3.94. The van der Waals surface area contributed by atoms with Crippen LogP contribution in [0, 0.1) is 0 Å². The van der Waals surface area contributed by atoms with Crippen LogP contribution in [0.3, 0.4) is 0 Å². The average molecular weight is 368 g/mol. The Morgan fingerprint density at radius 1 is 0.692 bits per heavy atom. The number of hydrogen-bond donors (Lipinski definition) is 0. The number of hydrogen-bond acceptors (Lipinski definition) is 8. The monoisotopic (exact) mass is 370 g/mol. The second kappa shape index (κ2) is 38.2. The number of rotatable bonds is 0. The van der Waals surface area contributed by atoms with Crippen LogP contribution in [-0.2, 0) is 57.7 Å². The van der Waals surface area contributed by atoms with Gasteiger partial charge in [0.2, 0.25) is 0 Å². The molecule has 0 aliphatic heterocycles. The molecule has 0 aromatic rings. The molecule has 0 heterocycles. The van der Waals surface area contributed by atoms with Crippen LogP contribution in [0.2, 0.25) is 0 Å². The Morgan fingerprint density at radius 2 is 0.692 bits per heavy atom. The van der Waals surface area contributed by atoms with Gasteiger partial charge in [0.1, 0.15) is 0 Å². The molecule has 0 aromatic carbocycles. The van der Waals surface area contributed by atoms with Crippen molar-refractivity contribution >= 4 is 0 Å². The molecule has 0 amide bonds. The van der Waals surface area contributed by atoms with E-state index in [2.05, 4.69) is 0 Å². The van der Waals surface area contributed by atoms with Gasteiger partial charge < -0.3 is 21.9 Å². The fourth-order valence-electron chi connectivity index (χ4n) is 0. The zero-order chi connectivity index (χ0) is 4.50. The molecule has 0 aromatic heterocycles.